The van der Waals surface area contributed by atoms with E-state index >= 15 is 0 Å². The van der Waals surface area contributed by atoms with Crippen molar-refractivity contribution in [2.24, 2.45) is 0 Å². The van der Waals surface area contributed by atoms with Crippen LogP contribution in [-0.4, -0.2) is 52.0 Å². The van der Waals surface area contributed by atoms with Crippen molar-refractivity contribution in [1.29, 1.82) is 0 Å². The Labute approximate surface area is 163 Å². The molecule has 2 aliphatic carbocycles. The normalized spacial score (nSPS) is 23.0. The Balaban J connectivity index is 1.44. The number of hydrogen-bond donors (Lipinski definition) is 1. The third-order valence-corrected chi connectivity index (χ3v) is 6.51. The van der Waals surface area contributed by atoms with Gasteiger partial charge in [0.05, 0.1) is 5.54 Å². The molecule has 0 bridgehead atoms. The van der Waals surface area contributed by atoms with Crippen LogP contribution in [0.4, 0.5) is 4.79 Å². The third-order valence-electron chi connectivity index (χ3n) is 6.51. The zero-order valence-corrected chi connectivity index (χ0v) is 16.5. The monoisotopic (exact) mass is 370 g/mol. The molecule has 2 saturated carbocycles. The quantitative estimate of drug-likeness (QED) is 0.825. The molecule has 1 N–H and O–H groups in total. The first-order chi connectivity index (χ1) is 13.2. The molecule has 0 atom stereocenters. The summed E-state index contributed by atoms with van der Waals surface area (Å²) in [7, 11) is 0. The summed E-state index contributed by atoms with van der Waals surface area (Å²) in [6.07, 6.45) is 15.9. The van der Waals surface area contributed by atoms with Crippen LogP contribution in [0.3, 0.4) is 0 Å². The smallest absolute Gasteiger partial charge is 0.318 e. The molecule has 1 aromatic rings. The Kier molecular flexibility index (Phi) is 5.96. The first-order valence-electron chi connectivity index (χ1n) is 10.9. The van der Waals surface area contributed by atoms with Gasteiger partial charge in [-0.2, -0.15) is 0 Å². The lowest BCUT2D eigenvalue weighted by atomic mass is 9.81. The van der Waals surface area contributed by atoms with Crippen molar-refractivity contribution in [3.8, 4) is 0 Å². The van der Waals surface area contributed by atoms with Crippen LogP contribution in [0.1, 0.15) is 69.8 Å². The van der Waals surface area contributed by atoms with E-state index in [2.05, 4.69) is 20.1 Å². The van der Waals surface area contributed by atoms with Crippen molar-refractivity contribution >= 4 is 6.03 Å². The number of nitrogens with one attached hydrogen (secondary N) is 1. The van der Waals surface area contributed by atoms with Crippen LogP contribution in [0.5, 0.6) is 0 Å². The first kappa shape index (κ1) is 18.7. The first-order valence-corrected chi connectivity index (χ1v) is 10.9. The van der Waals surface area contributed by atoms with Crippen molar-refractivity contribution < 1.29 is 4.79 Å². The second-order valence-electron chi connectivity index (χ2n) is 8.82. The molecule has 5 heteroatoms. The van der Waals surface area contributed by atoms with E-state index in [1.807, 2.05) is 24.5 Å². The molecule has 0 aromatic carbocycles. The summed E-state index contributed by atoms with van der Waals surface area (Å²) in [5.74, 6) is 0. The number of likely N-dealkylation sites (tertiary alicyclic amines) is 1. The number of amides is 2. The summed E-state index contributed by atoms with van der Waals surface area (Å²) < 4.78 is 0. The van der Waals surface area contributed by atoms with Gasteiger partial charge in [0, 0.05) is 31.5 Å². The number of carbonyl (C=O) groups excluding carboxylic acids is 1. The molecule has 3 aliphatic rings. The Morgan fingerprint density at radius 1 is 1.07 bits per heavy atom. The van der Waals surface area contributed by atoms with E-state index in [-0.39, 0.29) is 11.6 Å². The van der Waals surface area contributed by atoms with Gasteiger partial charge in [0.1, 0.15) is 0 Å². The molecule has 1 saturated heterocycles. The van der Waals surface area contributed by atoms with Gasteiger partial charge in [-0.05, 0) is 69.3 Å². The van der Waals surface area contributed by atoms with Gasteiger partial charge in [-0.3, -0.25) is 4.98 Å². The lowest BCUT2D eigenvalue weighted by molar-refractivity contribution is 0.115. The number of rotatable bonds is 6. The fourth-order valence-corrected chi connectivity index (χ4v) is 4.83. The van der Waals surface area contributed by atoms with Gasteiger partial charge < -0.3 is 15.1 Å². The van der Waals surface area contributed by atoms with Gasteiger partial charge in [0.15, 0.2) is 0 Å². The zero-order chi connectivity index (χ0) is 18.5. The molecule has 0 radical (unpaired) electrons. The van der Waals surface area contributed by atoms with Crippen LogP contribution < -0.4 is 5.32 Å². The van der Waals surface area contributed by atoms with E-state index in [0.29, 0.717) is 12.6 Å². The van der Waals surface area contributed by atoms with Crippen molar-refractivity contribution in [1.82, 2.24) is 20.1 Å². The van der Waals surface area contributed by atoms with Gasteiger partial charge in [-0.15, -0.1) is 0 Å². The predicted molar refractivity (Wildman–Crippen MR) is 107 cm³/mol. The Morgan fingerprint density at radius 2 is 1.74 bits per heavy atom. The molecule has 1 aliphatic heterocycles. The maximum Gasteiger partial charge on any atom is 0.318 e. The maximum atomic E-state index is 13.3. The highest BCUT2D eigenvalue weighted by atomic mass is 16.2. The summed E-state index contributed by atoms with van der Waals surface area (Å²) in [5.41, 5.74) is 1.14. The van der Waals surface area contributed by atoms with E-state index in [4.69, 9.17) is 0 Å². The number of pyridine rings is 1. The van der Waals surface area contributed by atoms with Crippen molar-refractivity contribution in [3.05, 3.63) is 30.1 Å². The van der Waals surface area contributed by atoms with Crippen LogP contribution in [-0.2, 0) is 6.54 Å². The summed E-state index contributed by atoms with van der Waals surface area (Å²) >= 11 is 0. The zero-order valence-electron chi connectivity index (χ0n) is 16.5. The Bertz CT molecular complexity index is 604. The minimum absolute atomic E-state index is 0.0297. The highest BCUT2D eigenvalue weighted by molar-refractivity contribution is 5.76. The van der Waals surface area contributed by atoms with E-state index < -0.39 is 0 Å². The number of nitrogens with zero attached hydrogens (tertiary/aromatic N) is 3. The lowest BCUT2D eigenvalue weighted by Gasteiger charge is -2.43. The van der Waals surface area contributed by atoms with E-state index in [9.17, 15) is 4.79 Å². The van der Waals surface area contributed by atoms with Gasteiger partial charge >= 0.3 is 6.03 Å². The van der Waals surface area contributed by atoms with E-state index in [1.54, 1.807) is 0 Å². The van der Waals surface area contributed by atoms with Crippen LogP contribution in [0.25, 0.3) is 0 Å². The van der Waals surface area contributed by atoms with Gasteiger partial charge in [0.25, 0.3) is 0 Å². The highest BCUT2D eigenvalue weighted by Crippen LogP contribution is 2.32. The summed E-state index contributed by atoms with van der Waals surface area (Å²) in [6.45, 7) is 4.12. The second-order valence-corrected chi connectivity index (χ2v) is 8.82. The van der Waals surface area contributed by atoms with Crippen molar-refractivity contribution in [2.75, 3.05) is 19.6 Å². The maximum absolute atomic E-state index is 13.3. The minimum Gasteiger partial charge on any atom is -0.331 e. The molecule has 2 heterocycles. The number of piperidine rings is 1. The lowest BCUT2D eigenvalue weighted by Crippen LogP contribution is -2.60. The fourth-order valence-electron chi connectivity index (χ4n) is 4.83. The SMILES string of the molecule is O=C(NC1(CN2CCCCC2)CCCCC1)N(Cc1ccncc1)C1CC1. The van der Waals surface area contributed by atoms with Crippen molar-refractivity contribution in [3.63, 3.8) is 0 Å². The molecule has 0 spiro atoms. The fraction of sp³-hybridized carbons (Fsp3) is 0.727. The minimum atomic E-state index is -0.0297. The number of aromatic nitrogens is 1. The van der Waals surface area contributed by atoms with Crippen LogP contribution in [0, 0.1) is 0 Å². The van der Waals surface area contributed by atoms with Gasteiger partial charge in [-0.25, -0.2) is 4.79 Å². The molecule has 5 nitrogen and oxygen atoms in total. The average molecular weight is 371 g/mol. The molecule has 4 rings (SSSR count). The molecule has 3 fully saturated rings. The highest BCUT2D eigenvalue weighted by Gasteiger charge is 2.39. The third kappa shape index (κ3) is 5.01. The molecule has 0 unspecified atom stereocenters. The summed E-state index contributed by atoms with van der Waals surface area (Å²) in [5, 5.41) is 3.55. The molecule has 27 heavy (non-hydrogen) atoms. The van der Waals surface area contributed by atoms with Crippen LogP contribution >= 0.6 is 0 Å². The molecule has 1 aromatic heterocycles. The molecule has 2 amide bonds. The molecular formula is C22H34N4O. The number of carbonyl (C=O) groups is 1. The van der Waals surface area contributed by atoms with Crippen LogP contribution in [0.15, 0.2) is 24.5 Å². The van der Waals surface area contributed by atoms with E-state index in [0.717, 1.165) is 32.2 Å². The molecular weight excluding hydrogens is 336 g/mol. The van der Waals surface area contributed by atoms with Gasteiger partial charge in [-0.1, -0.05) is 25.7 Å². The molecule has 148 valence electrons. The van der Waals surface area contributed by atoms with Crippen LogP contribution in [0.2, 0.25) is 0 Å². The Morgan fingerprint density at radius 3 is 2.41 bits per heavy atom. The summed E-state index contributed by atoms with van der Waals surface area (Å²) in [6, 6.07) is 4.60. The van der Waals surface area contributed by atoms with Crippen molar-refractivity contribution in [2.45, 2.75) is 82.3 Å². The predicted octanol–water partition coefficient (Wildman–Crippen LogP) is 3.94. The second kappa shape index (κ2) is 8.59. The topological polar surface area (TPSA) is 48.5 Å². The van der Waals surface area contributed by atoms with Gasteiger partial charge in [0.2, 0.25) is 0 Å². The Hall–Kier alpha value is -1.62. The number of urea groups is 1. The number of hydrogen-bond acceptors (Lipinski definition) is 3. The largest absolute Gasteiger partial charge is 0.331 e. The van der Waals surface area contributed by atoms with E-state index in [1.165, 1.54) is 57.2 Å². The average Bonchev–Trinajstić information content (AvgIpc) is 3.53. The standard InChI is InChI=1S/C22H34N4O/c27-21(26(20-7-8-20)17-19-9-13-23-14-10-19)24-22(11-3-1-4-12-22)18-25-15-5-2-6-16-25/h9-10,13-14,20H,1-8,11-12,15-18H2,(H,24,27). The summed E-state index contributed by atoms with van der Waals surface area (Å²) in [4.78, 5) is 22.1.